The molecule has 0 aliphatic carbocycles. The van der Waals surface area contributed by atoms with E-state index in [-0.39, 0.29) is 5.91 Å². The van der Waals surface area contributed by atoms with E-state index in [1.54, 1.807) is 6.92 Å². The van der Waals surface area contributed by atoms with Crippen LogP contribution >= 0.6 is 0 Å². The van der Waals surface area contributed by atoms with Gasteiger partial charge in [-0.2, -0.15) is 0 Å². The largest absolute Gasteiger partial charge is 0.491 e. The molecule has 2 atom stereocenters. The van der Waals surface area contributed by atoms with Crippen LogP contribution in [-0.2, 0) is 4.79 Å². The number of amides is 1. The highest BCUT2D eigenvalue weighted by atomic mass is 16.5. The number of rotatable bonds is 7. The lowest BCUT2D eigenvalue weighted by Crippen LogP contribution is -2.44. The van der Waals surface area contributed by atoms with Crippen LogP contribution in [0, 0.1) is 19.8 Å². The molecule has 5 heteroatoms. The van der Waals surface area contributed by atoms with Crippen molar-refractivity contribution < 1.29 is 14.6 Å². The van der Waals surface area contributed by atoms with Crippen LogP contribution < -0.4 is 10.1 Å². The highest BCUT2D eigenvalue weighted by Crippen LogP contribution is 2.20. The molecular weight excluding hydrogens is 304 g/mol. The van der Waals surface area contributed by atoms with E-state index in [1.165, 1.54) is 0 Å². The van der Waals surface area contributed by atoms with Crippen molar-refractivity contribution in [3.63, 3.8) is 0 Å². The molecule has 1 heterocycles. The van der Waals surface area contributed by atoms with E-state index >= 15 is 0 Å². The molecule has 24 heavy (non-hydrogen) atoms. The van der Waals surface area contributed by atoms with Crippen LogP contribution in [0.15, 0.2) is 18.2 Å². The molecule has 1 aliphatic rings. The monoisotopic (exact) mass is 334 g/mol. The summed E-state index contributed by atoms with van der Waals surface area (Å²) in [6.07, 6.45) is 1.73. The first kappa shape index (κ1) is 18.7. The van der Waals surface area contributed by atoms with Gasteiger partial charge < -0.3 is 20.1 Å². The number of nitrogens with zero attached hydrogens (tertiary/aromatic N) is 1. The Bertz CT molecular complexity index is 547. The van der Waals surface area contributed by atoms with Crippen molar-refractivity contribution in [2.24, 2.45) is 5.92 Å². The summed E-state index contributed by atoms with van der Waals surface area (Å²) in [6, 6.07) is 6.10. The number of hydrogen-bond acceptors (Lipinski definition) is 4. The number of carbonyl (C=O) groups excluding carboxylic acids is 1. The second-order valence-corrected chi connectivity index (χ2v) is 6.94. The molecule has 134 valence electrons. The normalized spacial score (nSPS) is 19.8. The maximum atomic E-state index is 11.0. The van der Waals surface area contributed by atoms with Gasteiger partial charge in [0.25, 0.3) is 0 Å². The van der Waals surface area contributed by atoms with Gasteiger partial charge in [0.2, 0.25) is 5.91 Å². The van der Waals surface area contributed by atoms with E-state index in [0.29, 0.717) is 19.1 Å². The second kappa shape index (κ2) is 9.04. The number of benzene rings is 1. The Morgan fingerprint density at radius 3 is 3.00 bits per heavy atom. The third-order valence-electron chi connectivity index (χ3n) is 4.49. The number of carbonyl (C=O) groups is 1. The highest BCUT2D eigenvalue weighted by Gasteiger charge is 2.22. The highest BCUT2D eigenvalue weighted by molar-refractivity contribution is 5.72. The predicted molar refractivity (Wildman–Crippen MR) is 95.3 cm³/mol. The Balaban J connectivity index is 1.76. The van der Waals surface area contributed by atoms with E-state index in [2.05, 4.69) is 16.3 Å². The molecular formula is C19H30N2O3. The van der Waals surface area contributed by atoms with Crippen molar-refractivity contribution in [3.8, 4) is 5.75 Å². The number of β-amino-alcohol motifs (C(OH)–C–C–N with tert-alkyl or cyclic N) is 1. The summed E-state index contributed by atoms with van der Waals surface area (Å²) in [5, 5.41) is 13.2. The Labute approximate surface area is 145 Å². The van der Waals surface area contributed by atoms with E-state index < -0.39 is 6.10 Å². The number of ether oxygens (including phenoxy) is 1. The minimum absolute atomic E-state index is 0.0223. The average molecular weight is 334 g/mol. The van der Waals surface area contributed by atoms with Crippen LogP contribution in [0.1, 0.15) is 30.9 Å². The Morgan fingerprint density at radius 2 is 2.25 bits per heavy atom. The third kappa shape index (κ3) is 6.13. The first-order valence-electron chi connectivity index (χ1n) is 8.79. The minimum atomic E-state index is -0.510. The zero-order valence-electron chi connectivity index (χ0n) is 15.0. The van der Waals surface area contributed by atoms with Crippen LogP contribution in [0.4, 0.5) is 0 Å². The number of nitrogens with one attached hydrogen (secondary N) is 1. The average Bonchev–Trinajstić information content (AvgIpc) is 2.54. The number of aryl methyl sites for hydroxylation is 2. The predicted octanol–water partition coefficient (Wildman–Crippen LogP) is 1.89. The molecule has 5 nitrogen and oxygen atoms in total. The van der Waals surface area contributed by atoms with E-state index in [4.69, 9.17) is 4.74 Å². The second-order valence-electron chi connectivity index (χ2n) is 6.94. The van der Waals surface area contributed by atoms with Crippen molar-refractivity contribution in [2.75, 3.05) is 32.8 Å². The van der Waals surface area contributed by atoms with Crippen molar-refractivity contribution in [1.29, 1.82) is 0 Å². The molecule has 1 aromatic rings. The molecule has 2 unspecified atom stereocenters. The van der Waals surface area contributed by atoms with Gasteiger partial charge >= 0.3 is 0 Å². The first-order chi connectivity index (χ1) is 11.4. The van der Waals surface area contributed by atoms with Crippen LogP contribution in [0.5, 0.6) is 5.75 Å². The summed E-state index contributed by atoms with van der Waals surface area (Å²) >= 11 is 0. The fourth-order valence-electron chi connectivity index (χ4n) is 3.17. The number of aliphatic hydroxyl groups is 1. The molecule has 1 aliphatic heterocycles. The summed E-state index contributed by atoms with van der Waals surface area (Å²) in [5.74, 6) is 1.33. The Hall–Kier alpha value is -1.59. The molecule has 2 N–H and O–H groups in total. The fourth-order valence-corrected chi connectivity index (χ4v) is 3.17. The molecule has 2 rings (SSSR count). The van der Waals surface area contributed by atoms with E-state index in [9.17, 15) is 9.90 Å². The van der Waals surface area contributed by atoms with Crippen LogP contribution in [-0.4, -0.2) is 54.8 Å². The minimum Gasteiger partial charge on any atom is -0.491 e. The molecule has 0 aromatic heterocycles. The third-order valence-corrected chi connectivity index (χ3v) is 4.49. The summed E-state index contributed by atoms with van der Waals surface area (Å²) in [4.78, 5) is 13.3. The van der Waals surface area contributed by atoms with Gasteiger partial charge in [0.1, 0.15) is 18.5 Å². The van der Waals surface area contributed by atoms with Gasteiger partial charge in [0.05, 0.1) is 0 Å². The van der Waals surface area contributed by atoms with E-state index in [0.717, 1.165) is 49.4 Å². The summed E-state index contributed by atoms with van der Waals surface area (Å²) in [5.41, 5.74) is 2.24. The quantitative estimate of drug-likeness (QED) is 0.799. The topological polar surface area (TPSA) is 61.8 Å². The molecule has 0 bridgehead atoms. The maximum Gasteiger partial charge on any atom is 0.216 e. The molecule has 1 aromatic carbocycles. The van der Waals surface area contributed by atoms with Crippen LogP contribution in [0.2, 0.25) is 0 Å². The zero-order valence-corrected chi connectivity index (χ0v) is 15.0. The van der Waals surface area contributed by atoms with Crippen LogP contribution in [0.3, 0.4) is 0 Å². The lowest BCUT2D eigenvalue weighted by Gasteiger charge is -2.33. The van der Waals surface area contributed by atoms with Gasteiger partial charge in [-0.25, -0.2) is 0 Å². The molecule has 0 radical (unpaired) electrons. The maximum absolute atomic E-state index is 11.0. The standard InChI is InChI=1S/C19H30N2O3/c1-14-6-7-15(2)19(9-14)24-13-18(23)12-21-8-4-5-17(11-21)10-20-16(3)22/h6-7,9,17-18,23H,4-5,8,10-13H2,1-3H3,(H,20,22). The van der Waals surface area contributed by atoms with Crippen molar-refractivity contribution >= 4 is 5.91 Å². The van der Waals surface area contributed by atoms with Gasteiger partial charge in [0.15, 0.2) is 0 Å². The molecule has 1 saturated heterocycles. The van der Waals surface area contributed by atoms with Gasteiger partial charge in [-0.3, -0.25) is 4.79 Å². The van der Waals surface area contributed by atoms with Gasteiger partial charge in [-0.1, -0.05) is 12.1 Å². The smallest absolute Gasteiger partial charge is 0.216 e. The fraction of sp³-hybridized carbons (Fsp3) is 0.632. The van der Waals surface area contributed by atoms with Crippen molar-refractivity contribution in [2.45, 2.75) is 39.7 Å². The van der Waals surface area contributed by atoms with Crippen LogP contribution in [0.25, 0.3) is 0 Å². The SMILES string of the molecule is CC(=O)NCC1CCCN(CC(O)COc2cc(C)ccc2C)C1. The molecule has 0 spiro atoms. The van der Waals surface area contributed by atoms with E-state index in [1.807, 2.05) is 26.0 Å². The van der Waals surface area contributed by atoms with Crippen molar-refractivity contribution in [3.05, 3.63) is 29.3 Å². The number of aliphatic hydroxyl groups excluding tert-OH is 1. The first-order valence-corrected chi connectivity index (χ1v) is 8.79. The van der Waals surface area contributed by atoms with Gasteiger partial charge in [-0.15, -0.1) is 0 Å². The summed E-state index contributed by atoms with van der Waals surface area (Å²) < 4.78 is 5.79. The lowest BCUT2D eigenvalue weighted by atomic mass is 9.97. The summed E-state index contributed by atoms with van der Waals surface area (Å²) in [6.45, 7) is 9.15. The zero-order chi connectivity index (χ0) is 17.5. The Kier molecular flexibility index (Phi) is 7.06. The van der Waals surface area contributed by atoms with Gasteiger partial charge in [-0.05, 0) is 56.3 Å². The summed E-state index contributed by atoms with van der Waals surface area (Å²) in [7, 11) is 0. The lowest BCUT2D eigenvalue weighted by molar-refractivity contribution is -0.119. The number of hydrogen-bond donors (Lipinski definition) is 2. The Morgan fingerprint density at radius 1 is 1.46 bits per heavy atom. The molecule has 1 fully saturated rings. The van der Waals surface area contributed by atoms with Crippen molar-refractivity contribution in [1.82, 2.24) is 10.2 Å². The molecule has 0 saturated carbocycles. The number of piperidine rings is 1. The van der Waals surface area contributed by atoms with Gasteiger partial charge in [0, 0.05) is 26.6 Å². The molecule has 1 amide bonds. The number of likely N-dealkylation sites (tertiary alicyclic amines) is 1.